The number of rotatable bonds is 6. The number of hydrogen-bond acceptors (Lipinski definition) is 1. The summed E-state index contributed by atoms with van der Waals surface area (Å²) in [5.74, 6) is 0.175. The Morgan fingerprint density at radius 1 is 1.00 bits per heavy atom. The fourth-order valence-electron chi connectivity index (χ4n) is 2.12. The molecule has 0 aliphatic heterocycles. The van der Waals surface area contributed by atoms with E-state index in [0.717, 1.165) is 25.1 Å². The van der Waals surface area contributed by atoms with Gasteiger partial charge >= 0.3 is 0 Å². The highest BCUT2D eigenvalue weighted by molar-refractivity contribution is 5.92. The highest BCUT2D eigenvalue weighted by atomic mass is 79.9. The molecule has 1 aromatic heterocycles. The average molecular weight is 349 g/mol. The number of para-hydroxylation sites is 1. The minimum atomic E-state index is 0. The van der Waals surface area contributed by atoms with E-state index < -0.39 is 0 Å². The zero-order valence-corrected chi connectivity index (χ0v) is 13.9. The van der Waals surface area contributed by atoms with Gasteiger partial charge in [0.2, 0.25) is 5.91 Å². The fourth-order valence-corrected chi connectivity index (χ4v) is 2.12. The molecule has 1 aromatic carbocycles. The van der Waals surface area contributed by atoms with Crippen LogP contribution in [0.4, 0.5) is 5.69 Å². The Bertz CT molecular complexity index is 531. The maximum Gasteiger partial charge on any atom is 0.226 e. The average Bonchev–Trinajstić information content (AvgIpc) is 2.52. The molecular weight excluding hydrogens is 328 g/mol. The van der Waals surface area contributed by atoms with Crippen LogP contribution in [0.25, 0.3) is 0 Å². The second-order valence-corrected chi connectivity index (χ2v) is 4.86. The SMILES string of the molecule is CN(C(=O)CCCC[n+]1ccccc1)c1ccccc1.[Br-]. The number of nitrogens with zero attached hydrogens (tertiary/aromatic N) is 2. The summed E-state index contributed by atoms with van der Waals surface area (Å²) >= 11 is 0. The summed E-state index contributed by atoms with van der Waals surface area (Å²) in [6, 6.07) is 15.8. The monoisotopic (exact) mass is 348 g/mol. The van der Waals surface area contributed by atoms with Gasteiger partial charge in [-0.05, 0) is 18.6 Å². The third-order valence-electron chi connectivity index (χ3n) is 3.35. The van der Waals surface area contributed by atoms with Crippen LogP contribution in [0, 0.1) is 0 Å². The van der Waals surface area contributed by atoms with Crippen LogP contribution in [0.5, 0.6) is 0 Å². The van der Waals surface area contributed by atoms with E-state index in [1.807, 2.05) is 55.6 Å². The smallest absolute Gasteiger partial charge is 0.226 e. The number of aryl methyl sites for hydroxylation is 1. The van der Waals surface area contributed by atoms with Gasteiger partial charge in [0.1, 0.15) is 6.54 Å². The summed E-state index contributed by atoms with van der Waals surface area (Å²) in [6.07, 6.45) is 6.63. The van der Waals surface area contributed by atoms with Gasteiger partial charge in [-0.15, -0.1) is 0 Å². The van der Waals surface area contributed by atoms with E-state index in [9.17, 15) is 4.79 Å². The van der Waals surface area contributed by atoms with Gasteiger partial charge < -0.3 is 21.9 Å². The maximum absolute atomic E-state index is 12.1. The number of anilines is 1. The highest BCUT2D eigenvalue weighted by Gasteiger charge is 2.10. The molecule has 0 aliphatic rings. The Morgan fingerprint density at radius 2 is 1.62 bits per heavy atom. The van der Waals surface area contributed by atoms with Crippen LogP contribution in [-0.4, -0.2) is 13.0 Å². The van der Waals surface area contributed by atoms with Crippen LogP contribution in [0.1, 0.15) is 19.3 Å². The predicted molar refractivity (Wildman–Crippen MR) is 80.3 cm³/mol. The zero-order valence-electron chi connectivity index (χ0n) is 12.3. The third-order valence-corrected chi connectivity index (χ3v) is 3.35. The van der Waals surface area contributed by atoms with Crippen molar-refractivity contribution in [2.75, 3.05) is 11.9 Å². The molecule has 0 atom stereocenters. The highest BCUT2D eigenvalue weighted by Crippen LogP contribution is 2.13. The van der Waals surface area contributed by atoms with E-state index in [1.54, 1.807) is 4.90 Å². The molecule has 0 aliphatic carbocycles. The summed E-state index contributed by atoms with van der Waals surface area (Å²) in [6.45, 7) is 0.961. The maximum atomic E-state index is 12.1. The Morgan fingerprint density at radius 3 is 2.29 bits per heavy atom. The molecule has 1 amide bonds. The second-order valence-electron chi connectivity index (χ2n) is 4.86. The third kappa shape index (κ3) is 5.68. The van der Waals surface area contributed by atoms with Gasteiger partial charge in [0, 0.05) is 37.7 Å². The molecule has 0 fully saturated rings. The standard InChI is InChI=1S/C17H21N2O.BrH/c1-18(16-10-4-2-5-11-16)17(20)12-6-9-15-19-13-7-3-8-14-19;/h2-5,7-8,10-11,13-14H,6,9,12,15H2,1H3;1H/q+1;/p-1. The predicted octanol–water partition coefficient (Wildman–Crippen LogP) is -0.189. The van der Waals surface area contributed by atoms with Crippen LogP contribution in [-0.2, 0) is 11.3 Å². The molecular formula is C17H21BrN2O. The van der Waals surface area contributed by atoms with Crippen molar-refractivity contribution in [3.05, 3.63) is 60.9 Å². The van der Waals surface area contributed by atoms with E-state index in [4.69, 9.17) is 0 Å². The lowest BCUT2D eigenvalue weighted by Crippen LogP contribution is -3.00. The Balaban J connectivity index is 0.00000220. The molecule has 0 saturated heterocycles. The Kier molecular flexibility index (Phi) is 7.69. The quantitative estimate of drug-likeness (QED) is 0.524. The molecule has 0 spiro atoms. The fraction of sp³-hybridized carbons (Fsp3) is 0.294. The first kappa shape index (κ1) is 17.4. The zero-order chi connectivity index (χ0) is 14.2. The van der Waals surface area contributed by atoms with Gasteiger partial charge in [-0.1, -0.05) is 24.3 Å². The summed E-state index contributed by atoms with van der Waals surface area (Å²) in [5.41, 5.74) is 0.954. The van der Waals surface area contributed by atoms with Crippen LogP contribution >= 0.6 is 0 Å². The topological polar surface area (TPSA) is 24.2 Å². The molecule has 112 valence electrons. The first-order valence-electron chi connectivity index (χ1n) is 7.03. The largest absolute Gasteiger partial charge is 1.00 e. The molecule has 21 heavy (non-hydrogen) atoms. The number of halogens is 1. The number of amides is 1. The van der Waals surface area contributed by atoms with Gasteiger partial charge in [-0.25, -0.2) is 4.57 Å². The Hall–Kier alpha value is -1.68. The van der Waals surface area contributed by atoms with Crippen molar-refractivity contribution in [2.45, 2.75) is 25.8 Å². The van der Waals surface area contributed by atoms with Crippen molar-refractivity contribution < 1.29 is 26.3 Å². The summed E-state index contributed by atoms with van der Waals surface area (Å²) in [5, 5.41) is 0. The number of carbonyl (C=O) groups excluding carboxylic acids is 1. The van der Waals surface area contributed by atoms with Crippen molar-refractivity contribution in [3.8, 4) is 0 Å². The van der Waals surface area contributed by atoms with Crippen molar-refractivity contribution in [1.29, 1.82) is 0 Å². The lowest BCUT2D eigenvalue weighted by Gasteiger charge is -2.16. The molecule has 0 radical (unpaired) electrons. The molecule has 0 unspecified atom stereocenters. The molecule has 0 bridgehead atoms. The van der Waals surface area contributed by atoms with Crippen molar-refractivity contribution in [3.63, 3.8) is 0 Å². The van der Waals surface area contributed by atoms with E-state index >= 15 is 0 Å². The summed E-state index contributed by atoms with van der Waals surface area (Å²) < 4.78 is 2.14. The van der Waals surface area contributed by atoms with Gasteiger partial charge in [0.05, 0.1) is 0 Å². The minimum absolute atomic E-state index is 0. The van der Waals surface area contributed by atoms with Crippen molar-refractivity contribution in [1.82, 2.24) is 0 Å². The van der Waals surface area contributed by atoms with Gasteiger partial charge in [-0.3, -0.25) is 4.79 Å². The lowest BCUT2D eigenvalue weighted by atomic mass is 10.2. The number of carbonyl (C=O) groups is 1. The van der Waals surface area contributed by atoms with Crippen LogP contribution in [0.2, 0.25) is 0 Å². The van der Waals surface area contributed by atoms with E-state index in [-0.39, 0.29) is 22.9 Å². The van der Waals surface area contributed by atoms with E-state index in [1.165, 1.54) is 0 Å². The van der Waals surface area contributed by atoms with Crippen LogP contribution in [0.15, 0.2) is 60.9 Å². The Labute approximate surface area is 137 Å². The van der Waals surface area contributed by atoms with Crippen LogP contribution in [0.3, 0.4) is 0 Å². The molecule has 3 nitrogen and oxygen atoms in total. The first-order chi connectivity index (χ1) is 9.77. The minimum Gasteiger partial charge on any atom is -1.00 e. The lowest BCUT2D eigenvalue weighted by molar-refractivity contribution is -0.697. The number of aromatic nitrogens is 1. The van der Waals surface area contributed by atoms with E-state index in [2.05, 4.69) is 17.0 Å². The molecule has 4 heteroatoms. The molecule has 0 N–H and O–H groups in total. The number of unbranched alkanes of at least 4 members (excludes halogenated alkanes) is 1. The molecule has 1 heterocycles. The molecule has 2 aromatic rings. The van der Waals surface area contributed by atoms with Crippen molar-refractivity contribution in [2.24, 2.45) is 0 Å². The number of pyridine rings is 1. The second kappa shape index (κ2) is 9.29. The normalized spacial score (nSPS) is 9.76. The van der Waals surface area contributed by atoms with E-state index in [0.29, 0.717) is 6.42 Å². The van der Waals surface area contributed by atoms with Gasteiger partial charge in [0.15, 0.2) is 12.4 Å². The summed E-state index contributed by atoms with van der Waals surface area (Å²) in [4.78, 5) is 13.8. The first-order valence-corrected chi connectivity index (χ1v) is 7.03. The number of hydrogen-bond donors (Lipinski definition) is 0. The molecule has 2 rings (SSSR count). The van der Waals surface area contributed by atoms with Crippen LogP contribution < -0.4 is 26.4 Å². The molecule has 0 saturated carbocycles. The van der Waals surface area contributed by atoms with Gasteiger partial charge in [-0.2, -0.15) is 0 Å². The summed E-state index contributed by atoms with van der Waals surface area (Å²) in [7, 11) is 1.84. The van der Waals surface area contributed by atoms with Gasteiger partial charge in [0.25, 0.3) is 0 Å². The number of benzene rings is 1. The van der Waals surface area contributed by atoms with Crippen molar-refractivity contribution >= 4 is 11.6 Å².